The van der Waals surface area contributed by atoms with Gasteiger partial charge in [0.25, 0.3) is 0 Å². The summed E-state index contributed by atoms with van der Waals surface area (Å²) < 4.78 is 29.5. The highest BCUT2D eigenvalue weighted by Gasteiger charge is 2.40. The predicted octanol–water partition coefficient (Wildman–Crippen LogP) is 2.50. The van der Waals surface area contributed by atoms with Gasteiger partial charge in [0, 0.05) is 4.91 Å². The summed E-state index contributed by atoms with van der Waals surface area (Å²) in [6.07, 6.45) is 0. The molecule has 0 saturated carbocycles. The molecule has 0 amide bonds. The number of ether oxygens (including phenoxy) is 1. The van der Waals surface area contributed by atoms with E-state index >= 15 is 0 Å². The van der Waals surface area contributed by atoms with Gasteiger partial charge in [0.1, 0.15) is 5.75 Å². The maximum absolute atomic E-state index is 12.6. The number of rotatable bonds is 3. The van der Waals surface area contributed by atoms with Gasteiger partial charge in [-0.05, 0) is 22.8 Å². The quantitative estimate of drug-likeness (QED) is 0.193. The van der Waals surface area contributed by atoms with Gasteiger partial charge in [0.15, 0.2) is 0 Å². The summed E-state index contributed by atoms with van der Waals surface area (Å²) in [5.41, 5.74) is 7.79. The van der Waals surface area contributed by atoms with Crippen molar-refractivity contribution in [2.75, 3.05) is 0 Å². The Kier molecular flexibility index (Phi) is 3.20. The molecule has 0 aliphatic heterocycles. The van der Waals surface area contributed by atoms with Crippen molar-refractivity contribution in [2.24, 2.45) is 5.11 Å². The second kappa shape index (κ2) is 4.39. The Morgan fingerprint density at radius 2 is 2.00 bits per heavy atom. The van der Waals surface area contributed by atoms with Crippen LogP contribution in [-0.4, -0.2) is 12.0 Å². The highest BCUT2D eigenvalue weighted by molar-refractivity contribution is 5.79. The summed E-state index contributed by atoms with van der Waals surface area (Å²) in [5, 5.41) is 2.03. The molecule has 15 heavy (non-hydrogen) atoms. The van der Waals surface area contributed by atoms with E-state index in [0.29, 0.717) is 0 Å². The molecule has 5 nitrogen and oxygen atoms in total. The van der Waals surface area contributed by atoms with Gasteiger partial charge in [-0.3, -0.25) is 0 Å². The number of para-hydroxylation sites is 1. The maximum atomic E-state index is 12.6. The van der Waals surface area contributed by atoms with Crippen molar-refractivity contribution >= 4 is 5.97 Å². The van der Waals surface area contributed by atoms with Crippen LogP contribution in [0.4, 0.5) is 8.78 Å². The van der Waals surface area contributed by atoms with Crippen molar-refractivity contribution in [2.45, 2.75) is 6.05 Å². The summed E-state index contributed by atoms with van der Waals surface area (Å²) in [7, 11) is 0. The summed E-state index contributed by atoms with van der Waals surface area (Å²) in [5.74, 6) is -1.96. The van der Waals surface area contributed by atoms with Crippen molar-refractivity contribution in [3.63, 3.8) is 0 Å². The van der Waals surface area contributed by atoms with E-state index in [0.717, 1.165) is 0 Å². The molecular formula is C8H5F2N3O2. The summed E-state index contributed by atoms with van der Waals surface area (Å²) in [4.78, 5) is 12.6. The molecule has 0 aliphatic carbocycles. The van der Waals surface area contributed by atoms with E-state index in [2.05, 4.69) is 4.74 Å². The molecular weight excluding hydrogens is 208 g/mol. The molecule has 0 radical (unpaired) electrons. The van der Waals surface area contributed by atoms with Crippen LogP contribution in [0, 0.1) is 0 Å². The summed E-state index contributed by atoms with van der Waals surface area (Å²) >= 11 is 0. The average molecular weight is 213 g/mol. The molecule has 1 rings (SSSR count). The third-order valence-corrected chi connectivity index (χ3v) is 1.37. The van der Waals surface area contributed by atoms with Gasteiger partial charge < -0.3 is 4.74 Å². The molecule has 78 valence electrons. The van der Waals surface area contributed by atoms with Gasteiger partial charge in [0.05, 0.1) is 0 Å². The number of halogens is 2. The summed E-state index contributed by atoms with van der Waals surface area (Å²) in [6, 6.07) is 3.10. The van der Waals surface area contributed by atoms with Crippen molar-refractivity contribution < 1.29 is 18.3 Å². The average Bonchev–Trinajstić information content (AvgIpc) is 2.19. The molecule has 0 saturated heterocycles. The normalized spacial score (nSPS) is 10.3. The Balaban J connectivity index is 2.76. The van der Waals surface area contributed by atoms with Gasteiger partial charge in [-0.1, -0.05) is 18.2 Å². The van der Waals surface area contributed by atoms with Crippen LogP contribution in [-0.2, 0) is 4.79 Å². The van der Waals surface area contributed by atoms with E-state index in [1.165, 1.54) is 24.3 Å². The minimum Gasteiger partial charge on any atom is -0.422 e. The zero-order valence-corrected chi connectivity index (χ0v) is 7.30. The number of esters is 1. The Bertz CT molecular complexity index is 402. The predicted molar refractivity (Wildman–Crippen MR) is 46.2 cm³/mol. The molecule has 1 aromatic carbocycles. The summed E-state index contributed by atoms with van der Waals surface area (Å²) in [6.45, 7) is 0. The lowest BCUT2D eigenvalue weighted by molar-refractivity contribution is -0.160. The van der Waals surface area contributed by atoms with Crippen molar-refractivity contribution in [3.8, 4) is 5.75 Å². The van der Waals surface area contributed by atoms with E-state index in [1.807, 2.05) is 10.0 Å². The van der Waals surface area contributed by atoms with E-state index in [-0.39, 0.29) is 5.75 Å². The number of benzene rings is 1. The van der Waals surface area contributed by atoms with Crippen LogP contribution in [0.1, 0.15) is 0 Å². The third-order valence-electron chi connectivity index (χ3n) is 1.37. The molecule has 7 heteroatoms. The Hall–Kier alpha value is -2.14. The van der Waals surface area contributed by atoms with E-state index in [4.69, 9.17) is 5.53 Å². The molecule has 0 spiro atoms. The minimum atomic E-state index is -4.19. The highest BCUT2D eigenvalue weighted by Crippen LogP contribution is 2.19. The largest absolute Gasteiger partial charge is 0.422 e. The fraction of sp³-hybridized carbons (Fsp3) is 0.125. The van der Waals surface area contributed by atoms with Crippen LogP contribution >= 0.6 is 0 Å². The van der Waals surface area contributed by atoms with E-state index < -0.39 is 12.0 Å². The van der Waals surface area contributed by atoms with Crippen LogP contribution in [0.25, 0.3) is 10.4 Å². The lowest BCUT2D eigenvalue weighted by atomic mass is 10.3. The molecule has 0 aromatic heterocycles. The van der Waals surface area contributed by atoms with Crippen molar-refractivity contribution in [1.82, 2.24) is 0 Å². The molecule has 0 bridgehead atoms. The SMILES string of the molecule is [N-]=[N+]=NC(F)(F)C(=O)Oc1ccccc1. The van der Waals surface area contributed by atoms with Crippen LogP contribution in [0.15, 0.2) is 35.4 Å². The number of carbonyl (C=O) groups excluding carboxylic acids is 1. The molecule has 0 fully saturated rings. The Morgan fingerprint density at radius 3 is 2.53 bits per heavy atom. The number of hydrogen-bond donors (Lipinski definition) is 0. The van der Waals surface area contributed by atoms with Gasteiger partial charge in [-0.15, -0.1) is 0 Å². The van der Waals surface area contributed by atoms with E-state index in [1.54, 1.807) is 6.07 Å². The van der Waals surface area contributed by atoms with Crippen LogP contribution < -0.4 is 4.74 Å². The third kappa shape index (κ3) is 2.92. The molecule has 0 N–H and O–H groups in total. The second-order valence-electron chi connectivity index (χ2n) is 2.43. The lowest BCUT2D eigenvalue weighted by Crippen LogP contribution is -2.30. The second-order valence-corrected chi connectivity index (χ2v) is 2.43. The van der Waals surface area contributed by atoms with Gasteiger partial charge >= 0.3 is 12.0 Å². The molecule has 0 atom stereocenters. The number of carbonyl (C=O) groups is 1. The molecule has 0 aliphatic rings. The highest BCUT2D eigenvalue weighted by atomic mass is 19.3. The standard InChI is InChI=1S/C8H5F2N3O2/c9-8(10,12-13-11)7(14)15-6-4-2-1-3-5-6/h1-5H. The first-order chi connectivity index (χ1) is 7.06. The fourth-order valence-electron chi connectivity index (χ4n) is 0.754. The van der Waals surface area contributed by atoms with Crippen molar-refractivity contribution in [3.05, 3.63) is 40.8 Å². The van der Waals surface area contributed by atoms with Gasteiger partial charge in [-0.25, -0.2) is 4.79 Å². The number of hydrogen-bond acceptors (Lipinski definition) is 3. The van der Waals surface area contributed by atoms with Crippen LogP contribution in [0.2, 0.25) is 0 Å². The lowest BCUT2D eigenvalue weighted by Gasteiger charge is -2.08. The first kappa shape index (κ1) is 10.9. The zero-order valence-electron chi connectivity index (χ0n) is 7.30. The first-order valence-corrected chi connectivity index (χ1v) is 3.77. The molecule has 0 unspecified atom stereocenters. The monoisotopic (exact) mass is 213 g/mol. The first-order valence-electron chi connectivity index (χ1n) is 3.77. The minimum absolute atomic E-state index is 0.0460. The van der Waals surface area contributed by atoms with Crippen LogP contribution in [0.5, 0.6) is 5.75 Å². The van der Waals surface area contributed by atoms with Crippen LogP contribution in [0.3, 0.4) is 0 Å². The van der Waals surface area contributed by atoms with Gasteiger partial charge in [-0.2, -0.15) is 8.78 Å². The number of azide groups is 1. The zero-order chi connectivity index (χ0) is 11.3. The fourth-order valence-corrected chi connectivity index (χ4v) is 0.754. The van der Waals surface area contributed by atoms with Gasteiger partial charge in [0.2, 0.25) is 0 Å². The number of nitrogens with zero attached hydrogens (tertiary/aromatic N) is 3. The van der Waals surface area contributed by atoms with Crippen molar-refractivity contribution in [1.29, 1.82) is 0 Å². The smallest absolute Gasteiger partial charge is 0.420 e. The Labute approximate surface area is 82.9 Å². The maximum Gasteiger partial charge on any atom is 0.420 e. The topological polar surface area (TPSA) is 75.1 Å². The molecule has 1 aromatic rings. The Morgan fingerprint density at radius 1 is 1.40 bits per heavy atom. The van der Waals surface area contributed by atoms with E-state index in [9.17, 15) is 13.6 Å². The number of alkyl halides is 2. The molecule has 0 heterocycles.